The minimum atomic E-state index is -3.85. The van der Waals surface area contributed by atoms with Crippen LogP contribution < -0.4 is 5.32 Å². The average Bonchev–Trinajstić information content (AvgIpc) is 2.83. The largest absolute Gasteiger partial charge is 0.379 e. The van der Waals surface area contributed by atoms with E-state index in [0.717, 1.165) is 24.2 Å². The molecule has 0 unspecified atom stereocenters. The standard InChI is InChI=1S/C24H30ClN3O4S/c1-24(2,27-11-13-32-14-12-27)17-26-23(29)19-7-8-21(25)22(15-19)33(30,31)28-10-9-18-5-3-4-6-20(18)16-28/h3-8,15H,9-14,16-17H2,1-2H3,(H,26,29). The molecule has 1 amide bonds. The minimum absolute atomic E-state index is 0.0383. The molecule has 0 aromatic heterocycles. The van der Waals surface area contributed by atoms with Crippen LogP contribution in [0.25, 0.3) is 0 Å². The van der Waals surface area contributed by atoms with Crippen LogP contribution in [0.2, 0.25) is 5.02 Å². The Morgan fingerprint density at radius 2 is 1.79 bits per heavy atom. The zero-order valence-electron chi connectivity index (χ0n) is 19.0. The fraction of sp³-hybridized carbons (Fsp3) is 0.458. The molecule has 2 heterocycles. The summed E-state index contributed by atoms with van der Waals surface area (Å²) in [6.45, 7) is 8.22. The number of carbonyl (C=O) groups excluding carboxylic acids is 1. The maximum Gasteiger partial charge on any atom is 0.251 e. The van der Waals surface area contributed by atoms with Gasteiger partial charge in [-0.1, -0.05) is 35.9 Å². The highest BCUT2D eigenvalue weighted by molar-refractivity contribution is 7.89. The van der Waals surface area contributed by atoms with Gasteiger partial charge in [0.2, 0.25) is 10.0 Å². The van der Waals surface area contributed by atoms with Gasteiger partial charge < -0.3 is 10.1 Å². The Hall–Kier alpha value is -1.97. The van der Waals surface area contributed by atoms with Crippen LogP contribution >= 0.6 is 11.6 Å². The molecule has 2 aliphatic heterocycles. The van der Waals surface area contributed by atoms with Gasteiger partial charge in [0, 0.05) is 43.8 Å². The number of benzene rings is 2. The number of halogens is 1. The van der Waals surface area contributed by atoms with E-state index >= 15 is 0 Å². The van der Waals surface area contributed by atoms with Crippen molar-refractivity contribution in [3.05, 3.63) is 64.2 Å². The first-order valence-corrected chi connectivity index (χ1v) is 13.0. The molecule has 2 aliphatic rings. The van der Waals surface area contributed by atoms with Crippen molar-refractivity contribution in [2.45, 2.75) is 37.2 Å². The Balaban J connectivity index is 1.49. The summed E-state index contributed by atoms with van der Waals surface area (Å²) >= 11 is 6.30. The second kappa shape index (κ2) is 9.72. The molecule has 1 N–H and O–H groups in total. The molecule has 0 saturated carbocycles. The Labute approximate surface area is 200 Å². The Morgan fingerprint density at radius 3 is 2.52 bits per heavy atom. The van der Waals surface area contributed by atoms with E-state index in [1.807, 2.05) is 24.3 Å². The van der Waals surface area contributed by atoms with Gasteiger partial charge in [0.15, 0.2) is 0 Å². The van der Waals surface area contributed by atoms with Crippen molar-refractivity contribution >= 4 is 27.5 Å². The van der Waals surface area contributed by atoms with Crippen molar-refractivity contribution in [3.8, 4) is 0 Å². The van der Waals surface area contributed by atoms with Gasteiger partial charge in [0.25, 0.3) is 5.91 Å². The Morgan fingerprint density at radius 1 is 1.09 bits per heavy atom. The van der Waals surface area contributed by atoms with Gasteiger partial charge in [0.1, 0.15) is 4.90 Å². The molecule has 7 nitrogen and oxygen atoms in total. The lowest BCUT2D eigenvalue weighted by atomic mass is 10.0. The molecule has 1 saturated heterocycles. The quantitative estimate of drug-likeness (QED) is 0.672. The van der Waals surface area contributed by atoms with Gasteiger partial charge >= 0.3 is 0 Å². The summed E-state index contributed by atoms with van der Waals surface area (Å²) in [7, 11) is -3.85. The summed E-state index contributed by atoms with van der Waals surface area (Å²) in [6.07, 6.45) is 0.643. The fourth-order valence-electron chi connectivity index (χ4n) is 4.34. The van der Waals surface area contributed by atoms with Crippen molar-refractivity contribution in [1.82, 2.24) is 14.5 Å². The maximum absolute atomic E-state index is 13.4. The predicted octanol–water partition coefficient (Wildman–Crippen LogP) is 2.93. The number of fused-ring (bicyclic) bond motifs is 1. The first-order valence-electron chi connectivity index (χ1n) is 11.2. The molecule has 178 valence electrons. The first-order chi connectivity index (χ1) is 15.7. The number of hydrogen-bond acceptors (Lipinski definition) is 5. The van der Waals surface area contributed by atoms with E-state index in [0.29, 0.717) is 39.3 Å². The van der Waals surface area contributed by atoms with Gasteiger partial charge in [-0.05, 0) is 49.6 Å². The van der Waals surface area contributed by atoms with Crippen molar-refractivity contribution in [2.24, 2.45) is 0 Å². The van der Waals surface area contributed by atoms with E-state index in [-0.39, 0.29) is 26.9 Å². The number of carbonyl (C=O) groups is 1. The summed E-state index contributed by atoms with van der Waals surface area (Å²) in [5, 5.41) is 3.06. The van der Waals surface area contributed by atoms with E-state index in [4.69, 9.17) is 16.3 Å². The molecular formula is C24H30ClN3O4S. The molecule has 33 heavy (non-hydrogen) atoms. The molecule has 9 heteroatoms. The highest BCUT2D eigenvalue weighted by Crippen LogP contribution is 2.30. The molecule has 2 aromatic carbocycles. The van der Waals surface area contributed by atoms with Crippen LogP contribution in [0.4, 0.5) is 0 Å². The van der Waals surface area contributed by atoms with E-state index in [2.05, 4.69) is 24.1 Å². The monoisotopic (exact) mass is 491 g/mol. The number of sulfonamides is 1. The Bertz CT molecular complexity index is 1130. The lowest BCUT2D eigenvalue weighted by Crippen LogP contribution is -2.55. The second-order valence-corrected chi connectivity index (χ2v) is 11.4. The van der Waals surface area contributed by atoms with Gasteiger partial charge in [-0.3, -0.25) is 9.69 Å². The summed E-state index contributed by atoms with van der Waals surface area (Å²) in [5.74, 6) is -0.326. The maximum atomic E-state index is 13.4. The van der Waals surface area contributed by atoms with Crippen LogP contribution in [-0.4, -0.2) is 68.5 Å². The van der Waals surface area contributed by atoms with Gasteiger partial charge in [-0.25, -0.2) is 8.42 Å². The lowest BCUT2D eigenvalue weighted by Gasteiger charge is -2.40. The van der Waals surface area contributed by atoms with Crippen LogP contribution in [0.3, 0.4) is 0 Å². The SMILES string of the molecule is CC(C)(CNC(=O)c1ccc(Cl)c(S(=O)(=O)N2CCc3ccccc3C2)c1)N1CCOCC1. The van der Waals surface area contributed by atoms with Gasteiger partial charge in [0.05, 0.1) is 18.2 Å². The van der Waals surface area contributed by atoms with Crippen molar-refractivity contribution in [2.75, 3.05) is 39.4 Å². The number of nitrogens with one attached hydrogen (secondary N) is 1. The molecule has 0 spiro atoms. The third-order valence-electron chi connectivity index (χ3n) is 6.46. The summed E-state index contributed by atoms with van der Waals surface area (Å²) in [5.41, 5.74) is 2.17. The molecule has 0 atom stereocenters. The summed E-state index contributed by atoms with van der Waals surface area (Å²) in [6, 6.07) is 12.3. The molecule has 0 radical (unpaired) electrons. The topological polar surface area (TPSA) is 79.0 Å². The lowest BCUT2D eigenvalue weighted by molar-refractivity contribution is -0.00923. The predicted molar refractivity (Wildman–Crippen MR) is 128 cm³/mol. The van der Waals surface area contributed by atoms with Crippen molar-refractivity contribution < 1.29 is 17.9 Å². The van der Waals surface area contributed by atoms with E-state index < -0.39 is 10.0 Å². The second-order valence-electron chi connectivity index (χ2n) is 9.10. The number of rotatable bonds is 6. The smallest absolute Gasteiger partial charge is 0.251 e. The number of morpholine rings is 1. The first kappa shape index (κ1) is 24.2. The van der Waals surface area contributed by atoms with Crippen LogP contribution in [0, 0.1) is 0 Å². The highest BCUT2D eigenvalue weighted by atomic mass is 35.5. The third kappa shape index (κ3) is 5.25. The van der Waals surface area contributed by atoms with E-state index in [1.54, 1.807) is 6.07 Å². The van der Waals surface area contributed by atoms with Crippen LogP contribution in [0.5, 0.6) is 0 Å². The third-order valence-corrected chi connectivity index (χ3v) is 8.78. The molecule has 0 bridgehead atoms. The summed E-state index contributed by atoms with van der Waals surface area (Å²) in [4.78, 5) is 15.1. The van der Waals surface area contributed by atoms with Crippen LogP contribution in [0.1, 0.15) is 35.3 Å². The zero-order chi connectivity index (χ0) is 23.6. The Kier molecular flexibility index (Phi) is 7.12. The summed E-state index contributed by atoms with van der Waals surface area (Å²) < 4.78 is 33.7. The van der Waals surface area contributed by atoms with E-state index in [1.165, 1.54) is 16.4 Å². The number of hydrogen-bond donors (Lipinski definition) is 1. The van der Waals surface area contributed by atoms with E-state index in [9.17, 15) is 13.2 Å². The molecule has 1 fully saturated rings. The molecule has 0 aliphatic carbocycles. The van der Waals surface area contributed by atoms with Gasteiger partial charge in [-0.15, -0.1) is 0 Å². The van der Waals surface area contributed by atoms with Crippen LogP contribution in [-0.2, 0) is 27.7 Å². The molecule has 4 rings (SSSR count). The fourth-order valence-corrected chi connectivity index (χ4v) is 6.25. The number of ether oxygens (including phenoxy) is 1. The minimum Gasteiger partial charge on any atom is -0.379 e. The van der Waals surface area contributed by atoms with Crippen LogP contribution in [0.15, 0.2) is 47.4 Å². The highest BCUT2D eigenvalue weighted by Gasteiger charge is 2.32. The number of nitrogens with zero attached hydrogens (tertiary/aromatic N) is 2. The molecule has 2 aromatic rings. The van der Waals surface area contributed by atoms with Crippen molar-refractivity contribution in [3.63, 3.8) is 0 Å². The normalized spacial score (nSPS) is 18.0. The number of amides is 1. The average molecular weight is 492 g/mol. The molecular weight excluding hydrogens is 462 g/mol. The zero-order valence-corrected chi connectivity index (χ0v) is 20.6. The van der Waals surface area contributed by atoms with Crippen molar-refractivity contribution in [1.29, 1.82) is 0 Å². The van der Waals surface area contributed by atoms with Gasteiger partial charge in [-0.2, -0.15) is 4.31 Å².